The maximum Gasteiger partial charge on any atom is 0.243 e. The minimum absolute atomic E-state index is 0.0447. The molecule has 0 atom stereocenters. The third-order valence-electron chi connectivity index (χ3n) is 4.25. The number of amides is 2. The van der Waals surface area contributed by atoms with Crippen LogP contribution in [0.25, 0.3) is 0 Å². The molecule has 0 heterocycles. The highest BCUT2D eigenvalue weighted by Crippen LogP contribution is 2.24. The van der Waals surface area contributed by atoms with Crippen LogP contribution in [0.2, 0.25) is 0 Å². The quantitative estimate of drug-likeness (QED) is 0.687. The summed E-state index contributed by atoms with van der Waals surface area (Å²) in [6, 6.07) is 7.68. The molecule has 2 amide bonds. The number of rotatable bonds is 8. The molecule has 0 unspecified atom stereocenters. The number of carbonyl (C=O) groups excluding carboxylic acids is 2. The van der Waals surface area contributed by atoms with Gasteiger partial charge in [-0.15, -0.1) is 0 Å². The van der Waals surface area contributed by atoms with Gasteiger partial charge in [-0.3, -0.25) is 9.59 Å². The zero-order valence-corrected chi connectivity index (χ0v) is 13.7. The highest BCUT2D eigenvalue weighted by molar-refractivity contribution is 5.95. The fourth-order valence-electron chi connectivity index (χ4n) is 2.37. The molecule has 5 heteroatoms. The first kappa shape index (κ1) is 18.2. The van der Waals surface area contributed by atoms with Crippen LogP contribution in [0.5, 0.6) is 0 Å². The molecule has 1 aromatic rings. The molecule has 0 spiro atoms. The van der Waals surface area contributed by atoms with Gasteiger partial charge >= 0.3 is 0 Å². The molecular weight excluding hydrogens is 278 g/mol. The monoisotopic (exact) mass is 305 g/mol. The van der Waals surface area contributed by atoms with Crippen LogP contribution in [0.15, 0.2) is 24.3 Å². The van der Waals surface area contributed by atoms with Gasteiger partial charge in [0.1, 0.15) is 0 Å². The van der Waals surface area contributed by atoms with E-state index in [1.165, 1.54) is 0 Å². The summed E-state index contributed by atoms with van der Waals surface area (Å²) < 4.78 is 0. The van der Waals surface area contributed by atoms with Crippen molar-refractivity contribution in [2.45, 2.75) is 40.0 Å². The van der Waals surface area contributed by atoms with Gasteiger partial charge in [0.15, 0.2) is 0 Å². The van der Waals surface area contributed by atoms with E-state index in [1.54, 1.807) is 0 Å². The van der Waals surface area contributed by atoms with Crippen molar-refractivity contribution in [3.8, 4) is 0 Å². The number of nitrogens with one attached hydrogen (secondary N) is 2. The molecule has 0 aliphatic carbocycles. The van der Waals surface area contributed by atoms with E-state index in [-0.39, 0.29) is 24.9 Å². The van der Waals surface area contributed by atoms with Crippen LogP contribution in [0.3, 0.4) is 0 Å². The van der Waals surface area contributed by atoms with Gasteiger partial charge in [0.05, 0.1) is 12.0 Å². The molecule has 4 N–H and O–H groups in total. The molecule has 0 radical (unpaired) electrons. The van der Waals surface area contributed by atoms with Gasteiger partial charge in [0.25, 0.3) is 0 Å². The van der Waals surface area contributed by atoms with Crippen LogP contribution in [0, 0.1) is 5.41 Å². The first-order valence-corrected chi connectivity index (χ1v) is 7.88. The minimum atomic E-state index is -0.581. The largest absolute Gasteiger partial charge is 0.347 e. The summed E-state index contributed by atoms with van der Waals surface area (Å²) in [4.78, 5) is 24.2. The number of nitrogens with two attached hydrogens (primary N) is 1. The van der Waals surface area contributed by atoms with Crippen molar-refractivity contribution in [1.29, 1.82) is 0 Å². The summed E-state index contributed by atoms with van der Waals surface area (Å²) in [6.07, 6.45) is 2.23. The lowest BCUT2D eigenvalue weighted by molar-refractivity contribution is -0.132. The van der Waals surface area contributed by atoms with Crippen molar-refractivity contribution in [3.63, 3.8) is 0 Å². The molecule has 0 aliphatic heterocycles. The average molecular weight is 305 g/mol. The molecular formula is C17H27N3O2. The maximum absolute atomic E-state index is 12.2. The summed E-state index contributed by atoms with van der Waals surface area (Å²) in [7, 11) is 0. The predicted molar refractivity (Wildman–Crippen MR) is 89.5 cm³/mol. The second kappa shape index (κ2) is 8.54. The van der Waals surface area contributed by atoms with Crippen molar-refractivity contribution in [2.24, 2.45) is 11.1 Å². The van der Waals surface area contributed by atoms with Crippen LogP contribution in [0.1, 0.15) is 39.2 Å². The van der Waals surface area contributed by atoms with E-state index < -0.39 is 5.41 Å². The second-order valence-electron chi connectivity index (χ2n) is 5.48. The molecule has 1 rings (SSSR count). The zero-order valence-electron chi connectivity index (χ0n) is 13.7. The second-order valence-corrected chi connectivity index (χ2v) is 5.48. The standard InChI is InChI=1S/C17H27N3O2/c1-4-13-8-7-9-14(10-13)20-15(21)11-19-16(22)17(5-2,6-3)12-18/h7-10H,4-6,11-12,18H2,1-3H3,(H,19,22)(H,20,21). The minimum Gasteiger partial charge on any atom is -0.347 e. The number of carbonyl (C=O) groups is 2. The molecule has 0 aromatic heterocycles. The van der Waals surface area contributed by atoms with E-state index in [0.29, 0.717) is 12.8 Å². The summed E-state index contributed by atoms with van der Waals surface area (Å²) in [5.41, 5.74) is 7.05. The fraction of sp³-hybridized carbons (Fsp3) is 0.529. The number of aryl methyl sites for hydroxylation is 1. The van der Waals surface area contributed by atoms with Gasteiger partial charge in [-0.25, -0.2) is 0 Å². The Bertz CT molecular complexity index is 502. The Morgan fingerprint density at radius 2 is 1.86 bits per heavy atom. The van der Waals surface area contributed by atoms with Gasteiger partial charge in [0.2, 0.25) is 11.8 Å². The summed E-state index contributed by atoms with van der Waals surface area (Å²) >= 11 is 0. The number of benzene rings is 1. The third-order valence-corrected chi connectivity index (χ3v) is 4.25. The van der Waals surface area contributed by atoms with Crippen molar-refractivity contribution >= 4 is 17.5 Å². The van der Waals surface area contributed by atoms with E-state index >= 15 is 0 Å². The molecule has 0 saturated heterocycles. The lowest BCUT2D eigenvalue weighted by atomic mass is 9.81. The number of hydrogen-bond acceptors (Lipinski definition) is 3. The molecule has 122 valence electrons. The van der Waals surface area contributed by atoms with Gasteiger partial charge in [-0.1, -0.05) is 32.9 Å². The Morgan fingerprint density at radius 1 is 1.18 bits per heavy atom. The highest BCUT2D eigenvalue weighted by Gasteiger charge is 2.33. The Morgan fingerprint density at radius 3 is 2.41 bits per heavy atom. The van der Waals surface area contributed by atoms with Crippen LogP contribution in [0.4, 0.5) is 5.69 Å². The van der Waals surface area contributed by atoms with Crippen molar-refractivity contribution in [1.82, 2.24) is 5.32 Å². The van der Waals surface area contributed by atoms with Gasteiger partial charge in [-0.2, -0.15) is 0 Å². The van der Waals surface area contributed by atoms with Crippen LogP contribution in [-0.2, 0) is 16.0 Å². The Labute approximate surface area is 132 Å². The third kappa shape index (κ3) is 4.56. The van der Waals surface area contributed by atoms with Gasteiger partial charge in [-0.05, 0) is 37.0 Å². The van der Waals surface area contributed by atoms with Crippen LogP contribution < -0.4 is 16.4 Å². The maximum atomic E-state index is 12.2. The lowest BCUT2D eigenvalue weighted by Crippen LogP contribution is -2.47. The predicted octanol–water partition coefficient (Wildman–Crippen LogP) is 2.07. The molecule has 0 saturated carbocycles. The molecule has 0 fully saturated rings. The first-order valence-electron chi connectivity index (χ1n) is 7.88. The normalized spacial score (nSPS) is 11.1. The molecule has 1 aromatic carbocycles. The smallest absolute Gasteiger partial charge is 0.243 e. The van der Waals surface area contributed by atoms with Gasteiger partial charge < -0.3 is 16.4 Å². The average Bonchev–Trinajstić information content (AvgIpc) is 2.55. The van der Waals surface area contributed by atoms with Gasteiger partial charge in [0, 0.05) is 12.2 Å². The van der Waals surface area contributed by atoms with Crippen LogP contribution in [-0.4, -0.2) is 24.9 Å². The van der Waals surface area contributed by atoms with E-state index in [4.69, 9.17) is 5.73 Å². The summed E-state index contributed by atoms with van der Waals surface area (Å²) in [5, 5.41) is 5.49. The lowest BCUT2D eigenvalue weighted by Gasteiger charge is -2.28. The SMILES string of the molecule is CCc1cccc(NC(=O)CNC(=O)C(CC)(CC)CN)c1. The molecule has 0 aliphatic rings. The van der Waals surface area contributed by atoms with E-state index in [0.717, 1.165) is 17.7 Å². The van der Waals surface area contributed by atoms with Crippen molar-refractivity contribution in [2.75, 3.05) is 18.4 Å². The Balaban J connectivity index is 2.57. The zero-order chi connectivity index (χ0) is 16.6. The number of hydrogen-bond donors (Lipinski definition) is 3. The first-order chi connectivity index (χ1) is 10.5. The van der Waals surface area contributed by atoms with Crippen LogP contribution >= 0.6 is 0 Å². The van der Waals surface area contributed by atoms with Crippen molar-refractivity contribution in [3.05, 3.63) is 29.8 Å². The topological polar surface area (TPSA) is 84.2 Å². The fourth-order valence-corrected chi connectivity index (χ4v) is 2.37. The molecule has 0 bridgehead atoms. The summed E-state index contributed by atoms with van der Waals surface area (Å²) in [6.45, 7) is 6.17. The molecule has 5 nitrogen and oxygen atoms in total. The Hall–Kier alpha value is -1.88. The van der Waals surface area contributed by atoms with E-state index in [9.17, 15) is 9.59 Å². The van der Waals surface area contributed by atoms with Crippen molar-refractivity contribution < 1.29 is 9.59 Å². The van der Waals surface area contributed by atoms with E-state index in [1.807, 2.05) is 38.1 Å². The Kier molecular flexibility index (Phi) is 7.05. The highest BCUT2D eigenvalue weighted by atomic mass is 16.2. The summed E-state index contributed by atoms with van der Waals surface area (Å²) in [5.74, 6) is -0.391. The van der Waals surface area contributed by atoms with E-state index in [2.05, 4.69) is 17.6 Å². The number of anilines is 1. The molecule has 22 heavy (non-hydrogen) atoms.